The molecule has 1 saturated heterocycles. The lowest BCUT2D eigenvalue weighted by Crippen LogP contribution is -2.25. The maximum absolute atomic E-state index is 12.1. The van der Waals surface area contributed by atoms with Crippen LogP contribution in [0.3, 0.4) is 0 Å². The maximum atomic E-state index is 12.1. The van der Waals surface area contributed by atoms with Gasteiger partial charge in [0.05, 0.1) is 12.2 Å². The highest BCUT2D eigenvalue weighted by atomic mass is 16.7. The molecule has 2 atom stereocenters. The first kappa shape index (κ1) is 11.9. The Morgan fingerprint density at radius 2 is 2.10 bits per heavy atom. The normalized spacial score (nSPS) is 28.1. The second-order valence-electron chi connectivity index (χ2n) is 5.98. The van der Waals surface area contributed by atoms with Gasteiger partial charge < -0.3 is 9.47 Å². The van der Waals surface area contributed by atoms with Gasteiger partial charge >= 0.3 is 5.97 Å². The highest BCUT2D eigenvalue weighted by Crippen LogP contribution is 2.48. The Kier molecular flexibility index (Phi) is 2.28. The van der Waals surface area contributed by atoms with Crippen molar-refractivity contribution in [2.45, 2.75) is 26.1 Å². The summed E-state index contributed by atoms with van der Waals surface area (Å²) < 4.78 is 11.5. The molecular formula is C17H16O3. The smallest absolute Gasteiger partial charge is 0.341 e. The van der Waals surface area contributed by atoms with E-state index < -0.39 is 5.79 Å². The van der Waals surface area contributed by atoms with Crippen LogP contribution >= 0.6 is 0 Å². The Bertz CT molecular complexity index is 734. The first-order chi connectivity index (χ1) is 9.59. The van der Waals surface area contributed by atoms with Crippen molar-refractivity contribution in [3.8, 4) is 0 Å². The van der Waals surface area contributed by atoms with Gasteiger partial charge in [-0.15, -0.1) is 0 Å². The summed E-state index contributed by atoms with van der Waals surface area (Å²) in [6.45, 7) is 4.82. The molecule has 0 amide bonds. The molecule has 2 aliphatic rings. The average molecular weight is 268 g/mol. The summed E-state index contributed by atoms with van der Waals surface area (Å²) in [5.74, 6) is -0.730. The molecule has 0 N–H and O–H groups in total. The number of aryl methyl sites for hydroxylation is 1. The third-order valence-electron chi connectivity index (χ3n) is 4.25. The van der Waals surface area contributed by atoms with Crippen molar-refractivity contribution in [1.82, 2.24) is 0 Å². The zero-order valence-electron chi connectivity index (χ0n) is 11.6. The largest absolute Gasteiger partial charge is 0.425 e. The van der Waals surface area contributed by atoms with Gasteiger partial charge in [0.2, 0.25) is 5.79 Å². The van der Waals surface area contributed by atoms with E-state index >= 15 is 0 Å². The molecular weight excluding hydrogens is 252 g/mol. The van der Waals surface area contributed by atoms with Crippen LogP contribution in [0.25, 0.3) is 10.8 Å². The molecule has 0 aromatic heterocycles. The molecule has 1 spiro atoms. The third-order valence-corrected chi connectivity index (χ3v) is 4.25. The van der Waals surface area contributed by atoms with Gasteiger partial charge in [0, 0.05) is 12.0 Å². The number of carbonyl (C=O) groups excluding carboxylic acids is 1. The van der Waals surface area contributed by atoms with Gasteiger partial charge in [-0.1, -0.05) is 36.8 Å². The topological polar surface area (TPSA) is 35.5 Å². The van der Waals surface area contributed by atoms with Crippen LogP contribution in [0.4, 0.5) is 0 Å². The van der Waals surface area contributed by atoms with Crippen molar-refractivity contribution < 1.29 is 14.3 Å². The van der Waals surface area contributed by atoms with Gasteiger partial charge in [0.15, 0.2) is 0 Å². The van der Waals surface area contributed by atoms with E-state index in [-0.39, 0.29) is 5.97 Å². The van der Waals surface area contributed by atoms with Gasteiger partial charge in [0.25, 0.3) is 0 Å². The molecule has 2 heterocycles. The van der Waals surface area contributed by atoms with E-state index in [1.807, 2.05) is 12.1 Å². The molecule has 20 heavy (non-hydrogen) atoms. The molecule has 2 aliphatic heterocycles. The first-order valence-corrected chi connectivity index (χ1v) is 7.00. The van der Waals surface area contributed by atoms with E-state index in [9.17, 15) is 4.79 Å². The highest BCUT2D eigenvalue weighted by molar-refractivity contribution is 6.02. The fraction of sp³-hybridized carbons (Fsp3) is 0.353. The minimum Gasteiger partial charge on any atom is -0.425 e. The van der Waals surface area contributed by atoms with Crippen molar-refractivity contribution in [2.75, 3.05) is 6.61 Å². The van der Waals surface area contributed by atoms with E-state index in [1.165, 1.54) is 5.56 Å². The Hall–Kier alpha value is -1.87. The Morgan fingerprint density at radius 3 is 2.85 bits per heavy atom. The van der Waals surface area contributed by atoms with Crippen molar-refractivity contribution in [3.05, 3.63) is 47.0 Å². The van der Waals surface area contributed by atoms with Crippen LogP contribution in [0, 0.1) is 12.8 Å². The van der Waals surface area contributed by atoms with E-state index in [1.54, 1.807) is 0 Å². The van der Waals surface area contributed by atoms with Crippen LogP contribution in [0.2, 0.25) is 0 Å². The number of carbonyl (C=O) groups is 1. The second kappa shape index (κ2) is 3.83. The van der Waals surface area contributed by atoms with Crippen LogP contribution in [-0.2, 0) is 15.3 Å². The molecule has 102 valence electrons. The first-order valence-electron chi connectivity index (χ1n) is 7.00. The minimum atomic E-state index is -0.861. The zero-order valence-corrected chi connectivity index (χ0v) is 11.6. The minimum absolute atomic E-state index is 0.267. The molecule has 2 unspecified atom stereocenters. The predicted molar refractivity (Wildman–Crippen MR) is 75.5 cm³/mol. The van der Waals surface area contributed by atoms with Crippen LogP contribution in [-0.4, -0.2) is 12.6 Å². The van der Waals surface area contributed by atoms with E-state index in [2.05, 4.69) is 32.0 Å². The van der Waals surface area contributed by atoms with Gasteiger partial charge in [-0.25, -0.2) is 4.79 Å². The van der Waals surface area contributed by atoms with Crippen LogP contribution in [0.5, 0.6) is 0 Å². The summed E-state index contributed by atoms with van der Waals surface area (Å²) in [6, 6.07) is 10.1. The van der Waals surface area contributed by atoms with Crippen molar-refractivity contribution in [2.24, 2.45) is 5.92 Å². The molecule has 2 aromatic rings. The third kappa shape index (κ3) is 1.47. The molecule has 4 rings (SSSR count). The van der Waals surface area contributed by atoms with Crippen molar-refractivity contribution >= 4 is 16.7 Å². The molecule has 1 fully saturated rings. The average Bonchev–Trinajstić information content (AvgIpc) is 2.91. The number of hydrogen-bond donors (Lipinski definition) is 0. The lowest BCUT2D eigenvalue weighted by Gasteiger charge is -2.23. The number of benzene rings is 2. The maximum Gasteiger partial charge on any atom is 0.341 e. The Labute approximate surface area is 117 Å². The number of esters is 1. The van der Waals surface area contributed by atoms with Crippen molar-refractivity contribution in [3.63, 3.8) is 0 Å². The van der Waals surface area contributed by atoms with E-state index in [0.29, 0.717) is 18.1 Å². The summed E-state index contributed by atoms with van der Waals surface area (Å²) in [5, 5.41) is 2.19. The van der Waals surface area contributed by atoms with Gasteiger partial charge in [-0.2, -0.15) is 0 Å². The lowest BCUT2D eigenvalue weighted by atomic mass is 9.91. The van der Waals surface area contributed by atoms with Crippen LogP contribution in [0.1, 0.15) is 34.8 Å². The fourth-order valence-corrected chi connectivity index (χ4v) is 3.38. The summed E-state index contributed by atoms with van der Waals surface area (Å²) in [7, 11) is 0. The zero-order chi connectivity index (χ0) is 13.9. The van der Waals surface area contributed by atoms with E-state index in [0.717, 1.165) is 22.8 Å². The Balaban J connectivity index is 2.03. The number of fused-ring (bicyclic) bond motifs is 4. The lowest BCUT2D eigenvalue weighted by molar-refractivity contribution is -0.171. The molecule has 2 aromatic carbocycles. The standard InChI is InChI=1S/C17H16O3/c1-10-3-5-13-12(7-10)4-6-14-15(13)17(20-16(14)18)8-11(2)9-19-17/h3-7,11H,8-9H2,1-2H3. The quantitative estimate of drug-likeness (QED) is 0.686. The van der Waals surface area contributed by atoms with Crippen LogP contribution in [0.15, 0.2) is 30.3 Å². The van der Waals surface area contributed by atoms with Gasteiger partial charge in [-0.05, 0) is 29.7 Å². The second-order valence-corrected chi connectivity index (χ2v) is 5.98. The van der Waals surface area contributed by atoms with Gasteiger partial charge in [0.1, 0.15) is 0 Å². The molecule has 0 aliphatic carbocycles. The molecule has 0 bridgehead atoms. The van der Waals surface area contributed by atoms with Gasteiger partial charge in [-0.3, -0.25) is 0 Å². The van der Waals surface area contributed by atoms with E-state index in [4.69, 9.17) is 9.47 Å². The highest BCUT2D eigenvalue weighted by Gasteiger charge is 2.52. The number of rotatable bonds is 0. The fourth-order valence-electron chi connectivity index (χ4n) is 3.38. The predicted octanol–water partition coefficient (Wildman–Crippen LogP) is 3.53. The summed E-state index contributed by atoms with van der Waals surface area (Å²) in [4.78, 5) is 12.1. The Morgan fingerprint density at radius 1 is 1.25 bits per heavy atom. The molecule has 3 nitrogen and oxygen atoms in total. The molecule has 0 radical (unpaired) electrons. The van der Waals surface area contributed by atoms with Crippen molar-refractivity contribution in [1.29, 1.82) is 0 Å². The van der Waals surface area contributed by atoms with Crippen LogP contribution < -0.4 is 0 Å². The summed E-state index contributed by atoms with van der Waals surface area (Å²) in [6.07, 6.45) is 0.735. The monoisotopic (exact) mass is 268 g/mol. The molecule has 0 saturated carbocycles. The SMILES string of the molecule is Cc1ccc2c3c(ccc2c1)C(=O)OC31CC(C)CO1. The number of hydrogen-bond acceptors (Lipinski definition) is 3. The number of ether oxygens (including phenoxy) is 2. The summed E-state index contributed by atoms with van der Waals surface area (Å²) >= 11 is 0. The summed E-state index contributed by atoms with van der Waals surface area (Å²) in [5.41, 5.74) is 2.78. The molecule has 3 heteroatoms.